The zero-order valence-corrected chi connectivity index (χ0v) is 27.2. The summed E-state index contributed by atoms with van der Waals surface area (Å²) in [7, 11) is 0. The number of nitrogens with one attached hydrogen (secondary N) is 2. The van der Waals surface area contributed by atoms with E-state index in [1.165, 1.54) is 44.9 Å². The summed E-state index contributed by atoms with van der Waals surface area (Å²) < 4.78 is 11.7. The van der Waals surface area contributed by atoms with Crippen molar-refractivity contribution in [3.63, 3.8) is 0 Å². The number of hydrogen-bond donors (Lipinski definition) is 3. The van der Waals surface area contributed by atoms with Crippen LogP contribution in [0.5, 0.6) is 0 Å². The quantitative estimate of drug-likeness (QED) is 0.181. The van der Waals surface area contributed by atoms with Gasteiger partial charge < -0.3 is 25.2 Å². The topological polar surface area (TPSA) is 114 Å². The summed E-state index contributed by atoms with van der Waals surface area (Å²) in [5, 5.41) is 16.6. The highest BCUT2D eigenvalue weighted by Gasteiger charge is 2.47. The number of carboxylic acids is 1. The highest BCUT2D eigenvalue weighted by Crippen LogP contribution is 2.42. The molecule has 242 valence electrons. The maximum atomic E-state index is 14.0. The number of aliphatic carboxylic acids is 1. The number of carbonyl (C=O) groups is 3. The van der Waals surface area contributed by atoms with Crippen molar-refractivity contribution in [1.82, 2.24) is 10.6 Å². The van der Waals surface area contributed by atoms with Crippen LogP contribution in [0, 0.1) is 22.7 Å². The second-order valence-corrected chi connectivity index (χ2v) is 14.6. The molecule has 3 N–H and O–H groups in total. The summed E-state index contributed by atoms with van der Waals surface area (Å²) in [5.41, 5.74) is -0.862. The molecule has 0 bridgehead atoms. The molecule has 0 radical (unpaired) electrons. The Labute approximate surface area is 254 Å². The molecule has 3 fully saturated rings. The van der Waals surface area contributed by atoms with Crippen LogP contribution in [0.25, 0.3) is 0 Å². The van der Waals surface area contributed by atoms with Gasteiger partial charge in [-0.25, -0.2) is 0 Å². The van der Waals surface area contributed by atoms with Crippen LogP contribution in [0.3, 0.4) is 0 Å². The van der Waals surface area contributed by atoms with Crippen molar-refractivity contribution in [3.05, 3.63) is 0 Å². The maximum absolute atomic E-state index is 14.0. The molecule has 8 nitrogen and oxygen atoms in total. The standard InChI is InChI=1S/C34H60N2O6/c1-6-7-8-9-10-11-15-20-34(21-16-12-17-22-34)31(40)36-27-19-14-13-18-25(27)26(30(38)39)23-35-29(37)28-32(2,3)24-41-33(4,5)42-28/h25-28H,6-24H2,1-5H3,(H,35,37)(H,36,40)(H,38,39). The number of unbranched alkanes of at least 4 members (excludes halogenated alkanes) is 6. The molecule has 2 saturated carbocycles. The van der Waals surface area contributed by atoms with Gasteiger partial charge in [-0.05, 0) is 51.9 Å². The molecule has 4 atom stereocenters. The third-order valence-electron chi connectivity index (χ3n) is 10.2. The second kappa shape index (κ2) is 15.9. The van der Waals surface area contributed by atoms with E-state index in [1.807, 2.05) is 13.8 Å². The third-order valence-corrected chi connectivity index (χ3v) is 10.2. The molecule has 8 heteroatoms. The Morgan fingerprint density at radius 2 is 1.52 bits per heavy atom. The van der Waals surface area contributed by atoms with Crippen molar-refractivity contribution in [3.8, 4) is 0 Å². The fourth-order valence-corrected chi connectivity index (χ4v) is 7.43. The van der Waals surface area contributed by atoms with Gasteiger partial charge in [0, 0.05) is 23.4 Å². The lowest BCUT2D eigenvalue weighted by Gasteiger charge is -2.45. The Kier molecular flexibility index (Phi) is 13.2. The largest absolute Gasteiger partial charge is 0.481 e. The minimum atomic E-state index is -0.926. The SMILES string of the molecule is CCCCCCCCCC1(C(=O)NC2CCCCC2C(CNC(=O)C2OC(C)(C)OCC2(C)C)C(=O)O)CCCCC1. The Morgan fingerprint density at radius 3 is 2.19 bits per heavy atom. The van der Waals surface area contributed by atoms with Gasteiger partial charge in [-0.2, -0.15) is 0 Å². The highest BCUT2D eigenvalue weighted by molar-refractivity contribution is 5.84. The van der Waals surface area contributed by atoms with Gasteiger partial charge in [-0.3, -0.25) is 14.4 Å². The van der Waals surface area contributed by atoms with E-state index in [-0.39, 0.29) is 35.7 Å². The van der Waals surface area contributed by atoms with Crippen molar-refractivity contribution in [2.75, 3.05) is 13.2 Å². The van der Waals surface area contributed by atoms with E-state index >= 15 is 0 Å². The Balaban J connectivity index is 1.63. The zero-order chi connectivity index (χ0) is 30.8. The van der Waals surface area contributed by atoms with Crippen LogP contribution in [0.2, 0.25) is 0 Å². The summed E-state index contributed by atoms with van der Waals surface area (Å²) in [6, 6.07) is -0.188. The van der Waals surface area contributed by atoms with E-state index in [1.54, 1.807) is 13.8 Å². The number of ether oxygens (including phenoxy) is 2. The lowest BCUT2D eigenvalue weighted by molar-refractivity contribution is -0.304. The van der Waals surface area contributed by atoms with Gasteiger partial charge in [0.05, 0.1) is 12.5 Å². The van der Waals surface area contributed by atoms with Crippen LogP contribution < -0.4 is 10.6 Å². The first-order chi connectivity index (χ1) is 19.9. The Bertz CT molecular complexity index is 881. The van der Waals surface area contributed by atoms with Gasteiger partial charge in [-0.15, -0.1) is 0 Å². The summed E-state index contributed by atoms with van der Waals surface area (Å²) in [4.78, 5) is 39.8. The summed E-state index contributed by atoms with van der Waals surface area (Å²) >= 11 is 0. The minimum Gasteiger partial charge on any atom is -0.481 e. The van der Waals surface area contributed by atoms with Crippen molar-refractivity contribution in [2.24, 2.45) is 22.7 Å². The van der Waals surface area contributed by atoms with Crippen LogP contribution >= 0.6 is 0 Å². The van der Waals surface area contributed by atoms with Gasteiger partial charge in [0.25, 0.3) is 0 Å². The van der Waals surface area contributed by atoms with Gasteiger partial charge >= 0.3 is 5.97 Å². The van der Waals surface area contributed by atoms with Gasteiger partial charge in [0.15, 0.2) is 5.79 Å². The Morgan fingerprint density at radius 1 is 0.881 bits per heavy atom. The highest BCUT2D eigenvalue weighted by atomic mass is 16.7. The fraction of sp³-hybridized carbons (Fsp3) is 0.912. The number of carbonyl (C=O) groups excluding carboxylic acids is 2. The number of amides is 2. The Hall–Kier alpha value is -1.67. The molecule has 0 aromatic carbocycles. The minimum absolute atomic E-state index is 0.0194. The van der Waals surface area contributed by atoms with Crippen LogP contribution in [0.4, 0.5) is 0 Å². The molecule has 1 heterocycles. The van der Waals surface area contributed by atoms with E-state index in [9.17, 15) is 19.5 Å². The fourth-order valence-electron chi connectivity index (χ4n) is 7.43. The average Bonchev–Trinajstić information content (AvgIpc) is 2.95. The maximum Gasteiger partial charge on any atom is 0.308 e. The van der Waals surface area contributed by atoms with Crippen LogP contribution in [-0.4, -0.2) is 54.0 Å². The molecule has 1 aliphatic heterocycles. The van der Waals surface area contributed by atoms with Gasteiger partial charge in [-0.1, -0.05) is 97.8 Å². The van der Waals surface area contributed by atoms with Crippen LogP contribution in [0.15, 0.2) is 0 Å². The average molecular weight is 593 g/mol. The van der Waals surface area contributed by atoms with Crippen LogP contribution in [0.1, 0.15) is 144 Å². The first kappa shape index (κ1) is 34.8. The molecule has 0 spiro atoms. The van der Waals surface area contributed by atoms with Crippen molar-refractivity contribution in [1.29, 1.82) is 0 Å². The first-order valence-electron chi connectivity index (χ1n) is 17.0. The van der Waals surface area contributed by atoms with Crippen molar-refractivity contribution < 1.29 is 29.0 Å². The second-order valence-electron chi connectivity index (χ2n) is 14.6. The van der Waals surface area contributed by atoms with E-state index in [2.05, 4.69) is 17.6 Å². The van der Waals surface area contributed by atoms with Crippen molar-refractivity contribution in [2.45, 2.75) is 162 Å². The van der Waals surface area contributed by atoms with E-state index in [4.69, 9.17) is 9.47 Å². The number of carboxylic acid groups (broad SMARTS) is 1. The van der Waals surface area contributed by atoms with Gasteiger partial charge in [0.2, 0.25) is 11.8 Å². The molecular weight excluding hydrogens is 532 g/mol. The number of hydrogen-bond acceptors (Lipinski definition) is 5. The smallest absolute Gasteiger partial charge is 0.308 e. The molecule has 0 aromatic heterocycles. The third kappa shape index (κ3) is 9.67. The first-order valence-corrected chi connectivity index (χ1v) is 17.0. The van der Waals surface area contributed by atoms with E-state index in [0.29, 0.717) is 6.61 Å². The molecule has 3 rings (SSSR count). The summed E-state index contributed by atoms with van der Waals surface area (Å²) in [6.07, 6.45) is 17.5. The molecule has 42 heavy (non-hydrogen) atoms. The molecule has 4 unspecified atom stereocenters. The van der Waals surface area contributed by atoms with Crippen molar-refractivity contribution >= 4 is 17.8 Å². The molecule has 0 aromatic rings. The monoisotopic (exact) mass is 592 g/mol. The lowest BCUT2D eigenvalue weighted by atomic mass is 9.69. The predicted octanol–water partition coefficient (Wildman–Crippen LogP) is 6.75. The number of rotatable bonds is 15. The summed E-state index contributed by atoms with van der Waals surface area (Å²) in [6.45, 7) is 10.0. The zero-order valence-electron chi connectivity index (χ0n) is 27.2. The summed E-state index contributed by atoms with van der Waals surface area (Å²) in [5.74, 6) is -2.98. The van der Waals surface area contributed by atoms with Crippen LogP contribution in [-0.2, 0) is 23.9 Å². The van der Waals surface area contributed by atoms with E-state index in [0.717, 1.165) is 64.2 Å². The molecular formula is C34H60N2O6. The van der Waals surface area contributed by atoms with Gasteiger partial charge in [0.1, 0.15) is 6.10 Å². The normalized spacial score (nSPS) is 27.5. The molecule has 2 aliphatic carbocycles. The predicted molar refractivity (Wildman–Crippen MR) is 165 cm³/mol. The molecule has 3 aliphatic rings. The lowest BCUT2D eigenvalue weighted by Crippen LogP contribution is -2.58. The molecule has 1 saturated heterocycles. The van der Waals surface area contributed by atoms with E-state index < -0.39 is 29.2 Å². The molecule has 2 amide bonds.